The van der Waals surface area contributed by atoms with Crippen LogP contribution in [0.5, 0.6) is 0 Å². The minimum Gasteiger partial charge on any atom is -0.323 e. The van der Waals surface area contributed by atoms with Crippen LogP contribution < -0.4 is 11.1 Å². The molecule has 0 bridgehead atoms. The number of carbonyl (C=O) groups is 1. The maximum atomic E-state index is 11.8. The molecule has 0 aliphatic heterocycles. The summed E-state index contributed by atoms with van der Waals surface area (Å²) in [5, 5.41) is 2.73. The van der Waals surface area contributed by atoms with Gasteiger partial charge < -0.3 is 11.1 Å². The number of amides is 1. The van der Waals surface area contributed by atoms with Gasteiger partial charge >= 0.3 is 0 Å². The minimum atomic E-state index is -0.445. The molecular weight excluding hydrogens is 228 g/mol. The van der Waals surface area contributed by atoms with E-state index in [2.05, 4.69) is 22.2 Å². The Labute approximate surface area is 108 Å². The largest absolute Gasteiger partial charge is 0.323 e. The zero-order valence-corrected chi connectivity index (χ0v) is 11.5. The lowest BCUT2D eigenvalue weighted by Gasteiger charge is -2.17. The van der Waals surface area contributed by atoms with Gasteiger partial charge in [0, 0.05) is 11.5 Å². The Balaban J connectivity index is 2.69. The van der Waals surface area contributed by atoms with E-state index in [1.807, 2.05) is 20.8 Å². The molecule has 5 nitrogen and oxygen atoms in total. The maximum Gasteiger partial charge on any atom is 0.230 e. The molecule has 3 N–H and O–H groups in total. The summed E-state index contributed by atoms with van der Waals surface area (Å²) < 4.78 is 0. The Morgan fingerprint density at radius 2 is 2.06 bits per heavy atom. The quantitative estimate of drug-likeness (QED) is 0.858. The van der Waals surface area contributed by atoms with Gasteiger partial charge in [0.2, 0.25) is 5.91 Å². The van der Waals surface area contributed by atoms with E-state index < -0.39 is 5.41 Å². The van der Waals surface area contributed by atoms with Gasteiger partial charge in [0.05, 0.1) is 18.1 Å². The van der Waals surface area contributed by atoms with E-state index in [1.165, 1.54) is 0 Å². The second-order valence-corrected chi connectivity index (χ2v) is 5.43. The Morgan fingerprint density at radius 1 is 1.39 bits per heavy atom. The molecule has 0 unspecified atom stereocenters. The summed E-state index contributed by atoms with van der Waals surface area (Å²) >= 11 is 0. The Kier molecular flexibility index (Phi) is 4.78. The SMILES string of the molecule is CCC[C@H](N)c1cnc(NC(=O)C(C)(C)C)cn1. The van der Waals surface area contributed by atoms with E-state index in [0.29, 0.717) is 5.82 Å². The van der Waals surface area contributed by atoms with Crippen LogP contribution in [0.25, 0.3) is 0 Å². The van der Waals surface area contributed by atoms with Gasteiger partial charge in [-0.15, -0.1) is 0 Å². The average Bonchev–Trinajstić information content (AvgIpc) is 2.29. The first kappa shape index (κ1) is 14.6. The van der Waals surface area contributed by atoms with E-state index in [1.54, 1.807) is 12.4 Å². The molecule has 0 saturated heterocycles. The summed E-state index contributed by atoms with van der Waals surface area (Å²) in [6.07, 6.45) is 5.06. The van der Waals surface area contributed by atoms with Gasteiger partial charge in [-0.25, -0.2) is 4.98 Å². The predicted octanol–water partition coefficient (Wildman–Crippen LogP) is 2.26. The van der Waals surface area contributed by atoms with Crippen LogP contribution in [0.15, 0.2) is 12.4 Å². The zero-order chi connectivity index (χ0) is 13.8. The molecule has 1 atom stereocenters. The zero-order valence-electron chi connectivity index (χ0n) is 11.5. The molecule has 0 fully saturated rings. The van der Waals surface area contributed by atoms with Gasteiger partial charge in [0.25, 0.3) is 0 Å². The van der Waals surface area contributed by atoms with E-state index >= 15 is 0 Å². The third-order valence-electron chi connectivity index (χ3n) is 2.57. The van der Waals surface area contributed by atoms with E-state index in [9.17, 15) is 4.79 Å². The molecule has 0 spiro atoms. The number of rotatable bonds is 4. The molecule has 1 amide bonds. The van der Waals surface area contributed by atoms with Crippen molar-refractivity contribution in [3.8, 4) is 0 Å². The first-order chi connectivity index (χ1) is 8.34. The van der Waals surface area contributed by atoms with Gasteiger partial charge in [-0.1, -0.05) is 34.1 Å². The van der Waals surface area contributed by atoms with Crippen molar-refractivity contribution in [2.24, 2.45) is 11.1 Å². The van der Waals surface area contributed by atoms with Crippen LogP contribution in [-0.2, 0) is 4.79 Å². The van der Waals surface area contributed by atoms with Crippen LogP contribution >= 0.6 is 0 Å². The van der Waals surface area contributed by atoms with E-state index in [4.69, 9.17) is 5.73 Å². The van der Waals surface area contributed by atoms with Crippen LogP contribution in [0.3, 0.4) is 0 Å². The van der Waals surface area contributed by atoms with E-state index in [0.717, 1.165) is 18.5 Å². The van der Waals surface area contributed by atoms with Crippen molar-refractivity contribution in [3.63, 3.8) is 0 Å². The first-order valence-corrected chi connectivity index (χ1v) is 6.23. The van der Waals surface area contributed by atoms with Gasteiger partial charge in [-0.2, -0.15) is 0 Å². The molecular formula is C13H22N4O. The summed E-state index contributed by atoms with van der Waals surface area (Å²) in [6, 6.07) is -0.0881. The number of nitrogens with zero attached hydrogens (tertiary/aromatic N) is 2. The summed E-state index contributed by atoms with van der Waals surface area (Å²) in [4.78, 5) is 20.1. The second-order valence-electron chi connectivity index (χ2n) is 5.43. The highest BCUT2D eigenvalue weighted by Crippen LogP contribution is 2.17. The lowest BCUT2D eigenvalue weighted by atomic mass is 9.96. The standard InChI is InChI=1S/C13H22N4O/c1-5-6-9(14)10-7-16-11(8-15-10)17-12(18)13(2,3)4/h7-9H,5-6,14H2,1-4H3,(H,16,17,18)/t9-/m0/s1. The molecule has 1 rings (SSSR count). The van der Waals surface area contributed by atoms with Crippen LogP contribution in [0, 0.1) is 5.41 Å². The van der Waals surface area contributed by atoms with Gasteiger partial charge in [0.15, 0.2) is 5.82 Å². The second kappa shape index (κ2) is 5.91. The minimum absolute atomic E-state index is 0.0811. The molecule has 5 heteroatoms. The molecule has 0 aliphatic rings. The summed E-state index contributed by atoms with van der Waals surface area (Å²) in [7, 11) is 0. The average molecular weight is 250 g/mol. The number of hydrogen-bond acceptors (Lipinski definition) is 4. The Morgan fingerprint density at radius 3 is 2.50 bits per heavy atom. The lowest BCUT2D eigenvalue weighted by molar-refractivity contribution is -0.123. The topological polar surface area (TPSA) is 80.9 Å². The molecule has 18 heavy (non-hydrogen) atoms. The highest BCUT2D eigenvalue weighted by Gasteiger charge is 2.21. The fourth-order valence-electron chi connectivity index (χ4n) is 1.36. The highest BCUT2D eigenvalue weighted by molar-refractivity contribution is 5.93. The van der Waals surface area contributed by atoms with Crippen LogP contribution in [0.2, 0.25) is 0 Å². The molecule has 0 radical (unpaired) electrons. The number of nitrogens with two attached hydrogens (primary N) is 1. The van der Waals surface area contributed by atoms with Crippen molar-refractivity contribution in [2.45, 2.75) is 46.6 Å². The summed E-state index contributed by atoms with van der Waals surface area (Å²) in [5.74, 6) is 0.379. The Hall–Kier alpha value is -1.49. The molecule has 1 aromatic rings. The third kappa shape index (κ3) is 4.07. The molecule has 0 aromatic carbocycles. The number of hydrogen-bond donors (Lipinski definition) is 2. The van der Waals surface area contributed by atoms with Crippen molar-refractivity contribution < 1.29 is 4.79 Å². The number of nitrogens with one attached hydrogen (secondary N) is 1. The first-order valence-electron chi connectivity index (χ1n) is 6.23. The predicted molar refractivity (Wildman–Crippen MR) is 72.0 cm³/mol. The molecule has 1 heterocycles. The fourth-order valence-corrected chi connectivity index (χ4v) is 1.36. The maximum absolute atomic E-state index is 11.8. The van der Waals surface area contributed by atoms with Crippen molar-refractivity contribution in [2.75, 3.05) is 5.32 Å². The van der Waals surface area contributed by atoms with Crippen molar-refractivity contribution in [1.29, 1.82) is 0 Å². The number of carbonyl (C=O) groups excluding carboxylic acids is 1. The number of aromatic nitrogens is 2. The van der Waals surface area contributed by atoms with Crippen molar-refractivity contribution in [1.82, 2.24) is 9.97 Å². The van der Waals surface area contributed by atoms with Crippen LogP contribution in [0.1, 0.15) is 52.3 Å². The molecule has 0 saturated carbocycles. The molecule has 0 aliphatic carbocycles. The van der Waals surface area contributed by atoms with E-state index in [-0.39, 0.29) is 11.9 Å². The van der Waals surface area contributed by atoms with Crippen LogP contribution in [-0.4, -0.2) is 15.9 Å². The van der Waals surface area contributed by atoms with Crippen molar-refractivity contribution in [3.05, 3.63) is 18.1 Å². The Bertz CT molecular complexity index is 394. The molecule has 1 aromatic heterocycles. The van der Waals surface area contributed by atoms with Gasteiger partial charge in [-0.3, -0.25) is 9.78 Å². The highest BCUT2D eigenvalue weighted by atomic mass is 16.2. The van der Waals surface area contributed by atoms with Gasteiger partial charge in [0.1, 0.15) is 0 Å². The third-order valence-corrected chi connectivity index (χ3v) is 2.57. The monoisotopic (exact) mass is 250 g/mol. The summed E-state index contributed by atoms with van der Waals surface area (Å²) in [5.41, 5.74) is 6.25. The normalized spacial score (nSPS) is 13.2. The molecule has 100 valence electrons. The van der Waals surface area contributed by atoms with Crippen LogP contribution in [0.4, 0.5) is 5.82 Å². The smallest absolute Gasteiger partial charge is 0.230 e. The lowest BCUT2D eigenvalue weighted by Crippen LogP contribution is -2.28. The summed E-state index contributed by atoms with van der Waals surface area (Å²) in [6.45, 7) is 7.62. The van der Waals surface area contributed by atoms with Gasteiger partial charge in [-0.05, 0) is 6.42 Å². The number of anilines is 1. The van der Waals surface area contributed by atoms with Crippen molar-refractivity contribution >= 4 is 11.7 Å². The fraction of sp³-hybridized carbons (Fsp3) is 0.615.